The Balaban J connectivity index is 1.78. The van der Waals surface area contributed by atoms with Crippen molar-refractivity contribution < 1.29 is 26.8 Å². The van der Waals surface area contributed by atoms with Gasteiger partial charge in [-0.2, -0.15) is 13.2 Å². The third-order valence-electron chi connectivity index (χ3n) is 5.59. The van der Waals surface area contributed by atoms with E-state index in [1.54, 1.807) is 34.9 Å². The lowest BCUT2D eigenvalue weighted by molar-refractivity contribution is -0.137. The van der Waals surface area contributed by atoms with Crippen LogP contribution >= 0.6 is 0 Å². The molecule has 0 unspecified atom stereocenters. The fraction of sp³-hybridized carbons (Fsp3) is 0.0800. The molecule has 2 heterocycles. The highest BCUT2D eigenvalue weighted by Gasteiger charge is 2.31. The number of nitrogens with two attached hydrogens (primary N) is 1. The maximum atomic E-state index is 14.1. The summed E-state index contributed by atoms with van der Waals surface area (Å²) in [5.74, 6) is -0.997. The van der Waals surface area contributed by atoms with E-state index in [9.17, 15) is 22.4 Å². The van der Waals surface area contributed by atoms with Crippen LogP contribution in [0, 0.1) is 5.82 Å². The molecule has 8 heteroatoms. The highest BCUT2D eigenvalue weighted by atomic mass is 19.4. The number of carbonyl (C=O) groups is 1. The van der Waals surface area contributed by atoms with Gasteiger partial charge in [-0.3, -0.25) is 4.79 Å². The third-order valence-corrected chi connectivity index (χ3v) is 5.59. The Morgan fingerprint density at radius 2 is 1.79 bits per heavy atom. The normalized spacial score (nSPS) is 12.0. The van der Waals surface area contributed by atoms with Crippen molar-refractivity contribution in [3.05, 3.63) is 95.5 Å². The van der Waals surface area contributed by atoms with Crippen LogP contribution in [0.5, 0.6) is 0 Å². The van der Waals surface area contributed by atoms with Crippen molar-refractivity contribution in [1.29, 1.82) is 0 Å². The van der Waals surface area contributed by atoms with Crippen LogP contribution in [-0.2, 0) is 12.7 Å². The molecule has 5 rings (SSSR count). The van der Waals surface area contributed by atoms with Crippen LogP contribution in [0.3, 0.4) is 0 Å². The molecule has 0 bridgehead atoms. The summed E-state index contributed by atoms with van der Waals surface area (Å²) in [5, 5.41) is 1.28. The highest BCUT2D eigenvalue weighted by Crippen LogP contribution is 2.36. The van der Waals surface area contributed by atoms with Crippen LogP contribution in [0.4, 0.5) is 17.6 Å². The number of fused-ring (bicyclic) bond motifs is 3. The van der Waals surface area contributed by atoms with E-state index in [1.165, 1.54) is 6.26 Å². The first-order valence-electron chi connectivity index (χ1n) is 9.97. The smallest absolute Gasteiger partial charge is 0.416 e. The molecule has 1 amide bonds. The van der Waals surface area contributed by atoms with Gasteiger partial charge in [0.05, 0.1) is 22.9 Å². The fourth-order valence-corrected chi connectivity index (χ4v) is 4.20. The number of hydrogen-bond donors (Lipinski definition) is 1. The number of halogens is 4. The summed E-state index contributed by atoms with van der Waals surface area (Å²) < 4.78 is 61.0. The van der Waals surface area contributed by atoms with Gasteiger partial charge in [-0.05, 0) is 54.1 Å². The number of carbonyl (C=O) groups excluding carboxylic acids is 1. The summed E-state index contributed by atoms with van der Waals surface area (Å²) in [4.78, 5) is 12.1. The molecular formula is C25H16F4N2O2. The maximum absolute atomic E-state index is 14.1. The summed E-state index contributed by atoms with van der Waals surface area (Å²) in [5.41, 5.74) is 6.93. The molecule has 3 aromatic carbocycles. The number of nitrogens with zero attached hydrogens (tertiary/aromatic N) is 1. The molecule has 0 fully saturated rings. The Labute approximate surface area is 184 Å². The minimum Gasteiger partial charge on any atom is -0.464 e. The molecule has 0 aliphatic carbocycles. The van der Waals surface area contributed by atoms with Gasteiger partial charge in [-0.1, -0.05) is 18.2 Å². The lowest BCUT2D eigenvalue weighted by Gasteiger charge is -2.12. The van der Waals surface area contributed by atoms with Crippen LogP contribution in [0.2, 0.25) is 0 Å². The summed E-state index contributed by atoms with van der Waals surface area (Å²) in [7, 11) is 0. The van der Waals surface area contributed by atoms with Crippen LogP contribution in [0.25, 0.3) is 33.1 Å². The summed E-state index contributed by atoms with van der Waals surface area (Å²) in [6.07, 6.45) is -3.14. The minimum atomic E-state index is -4.68. The molecule has 0 aliphatic heterocycles. The van der Waals surface area contributed by atoms with Crippen molar-refractivity contribution in [2.24, 2.45) is 5.73 Å². The van der Waals surface area contributed by atoms with E-state index >= 15 is 0 Å². The van der Waals surface area contributed by atoms with E-state index in [4.69, 9.17) is 10.2 Å². The zero-order valence-electron chi connectivity index (χ0n) is 17.0. The third kappa shape index (κ3) is 3.63. The molecule has 0 saturated heterocycles. The maximum Gasteiger partial charge on any atom is 0.416 e. The van der Waals surface area contributed by atoms with Gasteiger partial charge in [0.15, 0.2) is 0 Å². The average molecular weight is 452 g/mol. The average Bonchev–Trinajstić information content (AvgIpc) is 3.40. The number of hydrogen-bond acceptors (Lipinski definition) is 2. The molecule has 166 valence electrons. The summed E-state index contributed by atoms with van der Waals surface area (Å²) in [6, 6.07) is 16.4. The van der Waals surface area contributed by atoms with Crippen LogP contribution in [0.1, 0.15) is 21.5 Å². The molecule has 33 heavy (non-hydrogen) atoms. The second-order valence-electron chi connectivity index (χ2n) is 7.71. The van der Waals surface area contributed by atoms with E-state index in [1.807, 2.05) is 18.2 Å². The Bertz CT molecular complexity index is 1520. The minimum absolute atomic E-state index is 0.0509. The van der Waals surface area contributed by atoms with E-state index in [0.717, 1.165) is 17.7 Å². The van der Waals surface area contributed by atoms with Gasteiger partial charge in [-0.25, -0.2) is 4.39 Å². The Morgan fingerprint density at radius 1 is 0.970 bits per heavy atom. The Hall–Kier alpha value is -4.07. The van der Waals surface area contributed by atoms with Gasteiger partial charge in [-0.15, -0.1) is 0 Å². The van der Waals surface area contributed by atoms with Crippen molar-refractivity contribution in [3.63, 3.8) is 0 Å². The zero-order chi connectivity index (χ0) is 23.3. The molecular weight excluding hydrogens is 436 g/mol. The number of alkyl halides is 3. The number of furan rings is 1. The first kappa shape index (κ1) is 20.8. The van der Waals surface area contributed by atoms with Crippen molar-refractivity contribution in [3.8, 4) is 11.3 Å². The van der Waals surface area contributed by atoms with E-state index in [-0.39, 0.29) is 17.7 Å². The summed E-state index contributed by atoms with van der Waals surface area (Å²) >= 11 is 0. The zero-order valence-corrected chi connectivity index (χ0v) is 17.0. The van der Waals surface area contributed by atoms with E-state index < -0.39 is 23.5 Å². The lowest BCUT2D eigenvalue weighted by Crippen LogP contribution is -2.11. The molecule has 2 aromatic heterocycles. The Kier molecular flexibility index (Phi) is 4.74. The number of rotatable bonds is 4. The lowest BCUT2D eigenvalue weighted by atomic mass is 10.0. The topological polar surface area (TPSA) is 61.2 Å². The first-order valence-corrected chi connectivity index (χ1v) is 9.97. The molecule has 0 aliphatic rings. The predicted octanol–water partition coefficient (Wildman–Crippen LogP) is 6.36. The SMILES string of the molecule is NC(=O)c1cccc2c1c1ccc(-c3ccco3)cc1n2Cc1cc(F)cc(C(F)(F)F)c1. The Morgan fingerprint density at radius 3 is 2.48 bits per heavy atom. The number of primary amides is 1. The van der Waals surface area contributed by atoms with Crippen molar-refractivity contribution in [1.82, 2.24) is 4.57 Å². The molecule has 4 nitrogen and oxygen atoms in total. The van der Waals surface area contributed by atoms with Gasteiger partial charge in [0.2, 0.25) is 5.91 Å². The van der Waals surface area contributed by atoms with Crippen LogP contribution in [0.15, 0.2) is 77.4 Å². The highest BCUT2D eigenvalue weighted by molar-refractivity contribution is 6.18. The van der Waals surface area contributed by atoms with E-state index in [2.05, 4.69) is 0 Å². The molecule has 0 radical (unpaired) electrons. The first-order chi connectivity index (χ1) is 15.7. The molecule has 2 N–H and O–H groups in total. The van der Waals surface area contributed by atoms with Crippen LogP contribution in [-0.4, -0.2) is 10.5 Å². The second-order valence-corrected chi connectivity index (χ2v) is 7.71. The largest absolute Gasteiger partial charge is 0.464 e. The molecule has 5 aromatic rings. The predicted molar refractivity (Wildman–Crippen MR) is 116 cm³/mol. The van der Waals surface area contributed by atoms with Crippen LogP contribution < -0.4 is 5.73 Å². The standard InChI is InChI=1S/C25H16F4N2O2/c26-17-10-14(9-16(12-17)25(27,28)29)13-31-20-4-1-3-19(24(30)32)23(20)18-7-6-15(11-21(18)31)22-5-2-8-33-22/h1-12H,13H2,(H2,30,32). The molecule has 0 saturated carbocycles. The van der Waals surface area contributed by atoms with Gasteiger partial charge in [0.25, 0.3) is 0 Å². The van der Waals surface area contributed by atoms with Gasteiger partial charge in [0, 0.05) is 28.4 Å². The second kappa shape index (κ2) is 7.51. The number of aromatic nitrogens is 1. The van der Waals surface area contributed by atoms with Gasteiger partial charge < -0.3 is 14.7 Å². The molecule has 0 spiro atoms. The molecule has 0 atom stereocenters. The van der Waals surface area contributed by atoms with E-state index in [0.29, 0.717) is 33.6 Å². The van der Waals surface area contributed by atoms with Crippen molar-refractivity contribution in [2.75, 3.05) is 0 Å². The number of benzene rings is 3. The fourth-order valence-electron chi connectivity index (χ4n) is 4.20. The van der Waals surface area contributed by atoms with Crippen molar-refractivity contribution >= 4 is 27.7 Å². The number of amides is 1. The monoisotopic (exact) mass is 452 g/mol. The van der Waals surface area contributed by atoms with Gasteiger partial charge in [0.1, 0.15) is 11.6 Å². The quantitative estimate of drug-likeness (QED) is 0.323. The summed E-state index contributed by atoms with van der Waals surface area (Å²) in [6.45, 7) is -0.0509. The van der Waals surface area contributed by atoms with Crippen molar-refractivity contribution in [2.45, 2.75) is 12.7 Å². The van der Waals surface area contributed by atoms with Gasteiger partial charge >= 0.3 is 6.18 Å².